The molecule has 2 fully saturated rings. The lowest BCUT2D eigenvalue weighted by Crippen LogP contribution is -2.50. The molecule has 1 amide bonds. The Bertz CT molecular complexity index is 1320. The smallest absolute Gasteiger partial charge is 0.274 e. The zero-order valence-corrected chi connectivity index (χ0v) is 20.7. The zero-order chi connectivity index (χ0) is 24.4. The molecule has 0 spiro atoms. The average molecular weight is 515 g/mol. The van der Waals surface area contributed by atoms with Crippen LogP contribution in [0.4, 0.5) is 0 Å². The molecule has 1 atom stereocenters. The van der Waals surface area contributed by atoms with Crippen molar-refractivity contribution in [2.24, 2.45) is 0 Å². The number of aromatic nitrogens is 2. The van der Waals surface area contributed by atoms with Gasteiger partial charge in [-0.3, -0.25) is 4.79 Å². The quantitative estimate of drug-likeness (QED) is 0.548. The molecule has 2 aliphatic rings. The lowest BCUT2D eigenvalue weighted by molar-refractivity contribution is 0.0690. The van der Waals surface area contributed by atoms with E-state index in [-0.39, 0.29) is 35.6 Å². The van der Waals surface area contributed by atoms with E-state index in [2.05, 4.69) is 20.8 Å². The Kier molecular flexibility index (Phi) is 6.99. The van der Waals surface area contributed by atoms with E-state index in [0.717, 1.165) is 42.5 Å². The van der Waals surface area contributed by atoms with Crippen LogP contribution in [0.15, 0.2) is 53.4 Å². The van der Waals surface area contributed by atoms with Crippen molar-refractivity contribution in [3.63, 3.8) is 0 Å². The van der Waals surface area contributed by atoms with E-state index >= 15 is 0 Å². The van der Waals surface area contributed by atoms with Crippen LogP contribution in [0.3, 0.4) is 0 Å². The maximum absolute atomic E-state index is 13.2. The molecule has 3 heterocycles. The number of sulfonamides is 1. The number of benzene rings is 2. The second-order valence-electron chi connectivity index (χ2n) is 8.76. The number of carbonyl (C=O) groups is 1. The molecule has 0 saturated carbocycles. The average Bonchev–Trinajstić information content (AvgIpc) is 3.18. The molecule has 5 rings (SSSR count). The van der Waals surface area contributed by atoms with Gasteiger partial charge in [-0.25, -0.2) is 8.42 Å². The first kappa shape index (κ1) is 24.1. The Morgan fingerprint density at radius 3 is 2.49 bits per heavy atom. The summed E-state index contributed by atoms with van der Waals surface area (Å²) in [4.78, 5) is 14.8. The van der Waals surface area contributed by atoms with Gasteiger partial charge in [-0.05, 0) is 66.7 Å². The van der Waals surface area contributed by atoms with Crippen LogP contribution in [0.25, 0.3) is 10.8 Å². The number of piperazine rings is 1. The molecule has 0 bridgehead atoms. The van der Waals surface area contributed by atoms with Crippen LogP contribution in [0.1, 0.15) is 28.6 Å². The number of amides is 1. The molecule has 2 saturated heterocycles. The maximum Gasteiger partial charge on any atom is 0.274 e. The number of hydrogen-bond donors (Lipinski definition) is 2. The fourth-order valence-corrected chi connectivity index (χ4v) is 6.10. The number of nitrogens with one attached hydrogen (secondary N) is 2. The molecule has 35 heavy (non-hydrogen) atoms. The summed E-state index contributed by atoms with van der Waals surface area (Å²) < 4.78 is 27.9. The maximum atomic E-state index is 13.2. The second-order valence-corrected chi connectivity index (χ2v) is 11.1. The van der Waals surface area contributed by atoms with Gasteiger partial charge >= 0.3 is 0 Å². The van der Waals surface area contributed by atoms with Crippen LogP contribution in [-0.4, -0.2) is 79.5 Å². The van der Waals surface area contributed by atoms with Crippen molar-refractivity contribution in [1.29, 1.82) is 0 Å². The molecular formula is C24H27ClN6O3S. The number of carbonyl (C=O) groups excluding carboxylic acids is 1. The Balaban J connectivity index is 1.23. The van der Waals surface area contributed by atoms with Crippen molar-refractivity contribution >= 4 is 38.3 Å². The Morgan fingerprint density at radius 1 is 0.943 bits per heavy atom. The summed E-state index contributed by atoms with van der Waals surface area (Å²) in [5.41, 5.74) is 1.06. The highest BCUT2D eigenvalue weighted by molar-refractivity contribution is 7.89. The van der Waals surface area contributed by atoms with Gasteiger partial charge in [0.15, 0.2) is 5.69 Å². The first-order valence-electron chi connectivity index (χ1n) is 11.7. The fourth-order valence-electron chi connectivity index (χ4n) is 4.46. The predicted molar refractivity (Wildman–Crippen MR) is 134 cm³/mol. The van der Waals surface area contributed by atoms with E-state index < -0.39 is 10.0 Å². The van der Waals surface area contributed by atoms with Gasteiger partial charge < -0.3 is 15.5 Å². The van der Waals surface area contributed by atoms with E-state index in [1.54, 1.807) is 41.3 Å². The Hall–Kier alpha value is -2.63. The van der Waals surface area contributed by atoms with Crippen molar-refractivity contribution in [2.75, 3.05) is 45.8 Å². The van der Waals surface area contributed by atoms with Crippen molar-refractivity contribution in [1.82, 2.24) is 30.0 Å². The third-order valence-corrected chi connectivity index (χ3v) is 8.60. The second kappa shape index (κ2) is 10.2. The minimum atomic E-state index is -3.68. The van der Waals surface area contributed by atoms with Crippen LogP contribution in [-0.2, 0) is 10.0 Å². The van der Waals surface area contributed by atoms with Crippen LogP contribution in [0.2, 0.25) is 5.02 Å². The van der Waals surface area contributed by atoms with Crippen molar-refractivity contribution in [3.05, 3.63) is 64.9 Å². The SMILES string of the molecule is O=C(c1ccc(C2CNCCCN2)nn1)N1CCN(S(=O)(=O)c2ccc3cc(Cl)ccc3c2)CC1. The van der Waals surface area contributed by atoms with Crippen molar-refractivity contribution in [2.45, 2.75) is 17.4 Å². The highest BCUT2D eigenvalue weighted by atomic mass is 35.5. The molecule has 11 heteroatoms. The zero-order valence-electron chi connectivity index (χ0n) is 19.2. The van der Waals surface area contributed by atoms with Gasteiger partial charge in [0.25, 0.3) is 5.91 Å². The lowest BCUT2D eigenvalue weighted by Gasteiger charge is -2.33. The molecule has 0 radical (unpaired) electrons. The van der Waals surface area contributed by atoms with Crippen molar-refractivity contribution in [3.8, 4) is 0 Å². The lowest BCUT2D eigenvalue weighted by atomic mass is 10.1. The third kappa shape index (κ3) is 5.17. The number of fused-ring (bicyclic) bond motifs is 1. The highest BCUT2D eigenvalue weighted by Gasteiger charge is 2.31. The van der Waals surface area contributed by atoms with Crippen LogP contribution in [0.5, 0.6) is 0 Å². The summed E-state index contributed by atoms with van der Waals surface area (Å²) in [5.74, 6) is -0.240. The summed E-state index contributed by atoms with van der Waals surface area (Å²) in [6, 6.07) is 14.0. The van der Waals surface area contributed by atoms with Gasteiger partial charge in [-0.2, -0.15) is 9.40 Å². The largest absolute Gasteiger partial charge is 0.335 e. The highest BCUT2D eigenvalue weighted by Crippen LogP contribution is 2.25. The molecule has 0 aliphatic carbocycles. The number of halogens is 1. The van der Waals surface area contributed by atoms with E-state index in [0.29, 0.717) is 18.1 Å². The molecular weight excluding hydrogens is 488 g/mol. The third-order valence-electron chi connectivity index (χ3n) is 6.47. The molecule has 3 aromatic rings. The standard InChI is InChI=1S/C24H27ClN6O3S/c25-19-4-2-18-15-20(5-3-17(18)14-19)35(33,34)31-12-10-30(11-13-31)24(32)22-7-6-21(28-29-22)23-16-26-8-1-9-27-23/h2-7,14-15,23,26-27H,1,8-13,16H2. The van der Waals surface area contributed by atoms with Crippen LogP contribution < -0.4 is 10.6 Å². The topological polar surface area (TPSA) is 108 Å². The first-order valence-corrected chi connectivity index (χ1v) is 13.5. The van der Waals surface area contributed by atoms with E-state index in [4.69, 9.17) is 11.6 Å². The van der Waals surface area contributed by atoms with Gasteiger partial charge in [-0.1, -0.05) is 23.7 Å². The monoisotopic (exact) mass is 514 g/mol. The number of nitrogens with zero attached hydrogens (tertiary/aromatic N) is 4. The first-order chi connectivity index (χ1) is 16.9. The molecule has 1 aromatic heterocycles. The summed E-state index contributed by atoms with van der Waals surface area (Å²) in [5, 5.41) is 17.5. The molecule has 2 aromatic carbocycles. The normalized spacial score (nSPS) is 20.0. The summed E-state index contributed by atoms with van der Waals surface area (Å²) >= 11 is 6.03. The van der Waals surface area contributed by atoms with E-state index in [1.807, 2.05) is 12.1 Å². The van der Waals surface area contributed by atoms with Gasteiger partial charge in [0.2, 0.25) is 10.0 Å². The summed E-state index contributed by atoms with van der Waals surface area (Å²) in [7, 11) is -3.68. The van der Waals surface area contributed by atoms with E-state index in [1.165, 1.54) is 4.31 Å². The molecule has 2 N–H and O–H groups in total. The van der Waals surface area contributed by atoms with Gasteiger partial charge in [0, 0.05) is 37.7 Å². The van der Waals surface area contributed by atoms with Crippen LogP contribution >= 0.6 is 11.6 Å². The fraction of sp³-hybridized carbons (Fsp3) is 0.375. The van der Waals surface area contributed by atoms with E-state index in [9.17, 15) is 13.2 Å². The molecule has 9 nitrogen and oxygen atoms in total. The minimum absolute atomic E-state index is 0.0648. The predicted octanol–water partition coefficient (Wildman–Crippen LogP) is 2.05. The van der Waals surface area contributed by atoms with Gasteiger partial charge in [0.05, 0.1) is 16.6 Å². The van der Waals surface area contributed by atoms with Gasteiger partial charge in [-0.15, -0.1) is 5.10 Å². The van der Waals surface area contributed by atoms with Crippen LogP contribution in [0, 0.1) is 0 Å². The number of hydrogen-bond acceptors (Lipinski definition) is 7. The summed E-state index contributed by atoms with van der Waals surface area (Å²) in [6.07, 6.45) is 1.05. The minimum Gasteiger partial charge on any atom is -0.335 e. The Morgan fingerprint density at radius 2 is 1.71 bits per heavy atom. The summed E-state index contributed by atoms with van der Waals surface area (Å²) in [6.45, 7) is 3.65. The number of rotatable bonds is 4. The van der Waals surface area contributed by atoms with Gasteiger partial charge in [0.1, 0.15) is 0 Å². The van der Waals surface area contributed by atoms with Crippen molar-refractivity contribution < 1.29 is 13.2 Å². The molecule has 2 aliphatic heterocycles. The molecule has 184 valence electrons. The molecule has 1 unspecified atom stereocenters. The Labute approximate surface area is 209 Å².